The fourth-order valence-corrected chi connectivity index (χ4v) is 4.48. The lowest BCUT2D eigenvalue weighted by atomic mass is 10.4. The summed E-state index contributed by atoms with van der Waals surface area (Å²) in [6.45, 7) is 6.35. The van der Waals surface area contributed by atoms with Crippen LogP contribution >= 0.6 is 18.9 Å². The largest absolute Gasteiger partial charge is 0.447 e. The highest BCUT2D eigenvalue weighted by molar-refractivity contribution is 7.81. The van der Waals surface area contributed by atoms with Gasteiger partial charge in [0, 0.05) is 18.9 Å². The lowest BCUT2D eigenvalue weighted by molar-refractivity contribution is 0.143. The molecular formula is C12H17ClO2P+. The van der Waals surface area contributed by atoms with Crippen molar-refractivity contribution in [3.05, 3.63) is 30.3 Å². The van der Waals surface area contributed by atoms with Crippen LogP contribution in [0, 0.1) is 0 Å². The van der Waals surface area contributed by atoms with Gasteiger partial charge in [-0.2, -0.15) is 0 Å². The fraction of sp³-hybridized carbons (Fsp3) is 0.417. The monoisotopic (exact) mass is 259 g/mol. The van der Waals surface area contributed by atoms with Crippen molar-refractivity contribution in [2.24, 2.45) is 0 Å². The van der Waals surface area contributed by atoms with Crippen molar-refractivity contribution in [2.45, 2.75) is 13.0 Å². The number of ether oxygens (including phenoxy) is 1. The van der Waals surface area contributed by atoms with E-state index in [0.29, 0.717) is 0 Å². The summed E-state index contributed by atoms with van der Waals surface area (Å²) in [7, 11) is -1.24. The zero-order chi connectivity index (χ0) is 12.2. The van der Waals surface area contributed by atoms with E-state index >= 15 is 0 Å². The third-order valence-electron chi connectivity index (χ3n) is 2.46. The number of rotatable bonds is 4. The predicted molar refractivity (Wildman–Crippen MR) is 71.5 cm³/mol. The maximum Gasteiger partial charge on any atom is 0.404 e. The molecule has 0 aliphatic carbocycles. The van der Waals surface area contributed by atoms with Crippen LogP contribution in [0.2, 0.25) is 0 Å². The molecule has 0 N–H and O–H groups in total. The smallest absolute Gasteiger partial charge is 0.404 e. The van der Waals surface area contributed by atoms with Crippen LogP contribution in [-0.2, 0) is 4.74 Å². The van der Waals surface area contributed by atoms with Gasteiger partial charge in [0.2, 0.25) is 0 Å². The summed E-state index contributed by atoms with van der Waals surface area (Å²) in [5.41, 5.74) is -0.722. The first kappa shape index (κ1) is 13.5. The zero-order valence-corrected chi connectivity index (χ0v) is 11.5. The second-order valence-electron chi connectivity index (χ2n) is 4.37. The molecule has 0 saturated carbocycles. The van der Waals surface area contributed by atoms with Gasteiger partial charge in [0.25, 0.3) is 0 Å². The molecule has 0 aliphatic heterocycles. The van der Waals surface area contributed by atoms with Gasteiger partial charge in [-0.25, -0.2) is 4.79 Å². The van der Waals surface area contributed by atoms with Crippen LogP contribution in [0.3, 0.4) is 0 Å². The summed E-state index contributed by atoms with van der Waals surface area (Å²) in [6.07, 6.45) is 0.726. The summed E-state index contributed by atoms with van der Waals surface area (Å²) in [4.78, 5) is 10.6. The summed E-state index contributed by atoms with van der Waals surface area (Å²) >= 11 is 5.20. The van der Waals surface area contributed by atoms with Gasteiger partial charge in [0.15, 0.2) is 0 Å². The highest BCUT2D eigenvalue weighted by Crippen LogP contribution is 2.50. The van der Waals surface area contributed by atoms with E-state index in [1.54, 1.807) is 0 Å². The fourth-order valence-electron chi connectivity index (χ4n) is 1.78. The minimum absolute atomic E-state index is 0.131. The van der Waals surface area contributed by atoms with Crippen LogP contribution < -0.4 is 5.30 Å². The number of hydrogen-bond acceptors (Lipinski definition) is 2. The number of carbonyl (C=O) groups is 1. The third-order valence-corrected chi connectivity index (χ3v) is 5.67. The van der Waals surface area contributed by atoms with E-state index < -0.39 is 12.7 Å². The van der Waals surface area contributed by atoms with Crippen LogP contribution in [0.15, 0.2) is 30.3 Å². The van der Waals surface area contributed by atoms with Gasteiger partial charge in [0.05, 0.1) is 18.6 Å². The van der Waals surface area contributed by atoms with Crippen LogP contribution in [0.5, 0.6) is 0 Å². The average molecular weight is 260 g/mol. The molecule has 0 saturated heterocycles. The Hall–Kier alpha value is -0.590. The first-order valence-corrected chi connectivity index (χ1v) is 8.41. The molecule has 0 radical (unpaired) electrons. The summed E-state index contributed by atoms with van der Waals surface area (Å²) in [5.74, 6) is 0. The molecule has 0 bridgehead atoms. The van der Waals surface area contributed by atoms with Crippen LogP contribution in [0.4, 0.5) is 4.79 Å². The Morgan fingerprint density at radius 2 is 1.94 bits per heavy atom. The molecule has 0 aromatic heterocycles. The molecule has 0 heterocycles. The quantitative estimate of drug-likeness (QED) is 0.612. The van der Waals surface area contributed by atoms with Crippen molar-refractivity contribution >= 4 is 29.6 Å². The molecule has 1 aromatic rings. The summed E-state index contributed by atoms with van der Waals surface area (Å²) in [5, 5.41) is 1.34. The molecule has 16 heavy (non-hydrogen) atoms. The van der Waals surface area contributed by atoms with Gasteiger partial charge >= 0.3 is 5.43 Å². The Morgan fingerprint density at radius 1 is 1.38 bits per heavy atom. The second-order valence-corrected chi connectivity index (χ2v) is 8.93. The summed E-state index contributed by atoms with van der Waals surface area (Å²) in [6, 6.07) is 10.3. The Morgan fingerprint density at radius 3 is 2.44 bits per heavy atom. The molecule has 0 fully saturated rings. The molecule has 1 rings (SSSR count). The van der Waals surface area contributed by atoms with E-state index in [4.69, 9.17) is 16.3 Å². The van der Waals surface area contributed by atoms with E-state index in [1.165, 1.54) is 5.30 Å². The number of benzene rings is 1. The normalized spacial score (nSPS) is 13.2. The molecule has 4 heteroatoms. The van der Waals surface area contributed by atoms with Gasteiger partial charge in [-0.1, -0.05) is 18.2 Å². The Balaban J connectivity index is 2.68. The highest BCUT2D eigenvalue weighted by atomic mass is 35.5. The van der Waals surface area contributed by atoms with E-state index in [2.05, 4.69) is 25.5 Å². The van der Waals surface area contributed by atoms with Gasteiger partial charge < -0.3 is 4.74 Å². The molecule has 88 valence electrons. The maximum absolute atomic E-state index is 10.6. The SMILES string of the molecule is CC(C[P+](C)(C)c1ccccc1)OC(=O)Cl. The van der Waals surface area contributed by atoms with Crippen molar-refractivity contribution < 1.29 is 9.53 Å². The number of carbonyl (C=O) groups excluding carboxylic acids is 1. The number of halogens is 1. The maximum atomic E-state index is 10.6. The summed E-state index contributed by atoms with van der Waals surface area (Å²) < 4.78 is 4.96. The molecule has 0 amide bonds. The van der Waals surface area contributed by atoms with E-state index in [-0.39, 0.29) is 6.10 Å². The second kappa shape index (κ2) is 5.65. The minimum Gasteiger partial charge on any atom is -0.447 e. The van der Waals surface area contributed by atoms with Gasteiger partial charge in [-0.15, -0.1) is 0 Å². The third kappa shape index (κ3) is 4.11. The van der Waals surface area contributed by atoms with Crippen molar-refractivity contribution in [2.75, 3.05) is 19.5 Å². The van der Waals surface area contributed by atoms with E-state index in [9.17, 15) is 4.79 Å². The Kier molecular flexibility index (Phi) is 4.76. The van der Waals surface area contributed by atoms with Crippen LogP contribution in [-0.4, -0.2) is 31.0 Å². The van der Waals surface area contributed by atoms with Crippen molar-refractivity contribution in [1.29, 1.82) is 0 Å². The first-order chi connectivity index (χ1) is 7.42. The molecule has 2 nitrogen and oxygen atoms in total. The van der Waals surface area contributed by atoms with E-state index in [0.717, 1.165) is 6.16 Å². The van der Waals surface area contributed by atoms with E-state index in [1.807, 2.05) is 25.1 Å². The molecule has 0 spiro atoms. The zero-order valence-electron chi connectivity index (χ0n) is 9.81. The molecule has 0 aliphatic rings. The lowest BCUT2D eigenvalue weighted by Gasteiger charge is -2.21. The van der Waals surface area contributed by atoms with Crippen molar-refractivity contribution in [3.8, 4) is 0 Å². The minimum atomic E-state index is -1.24. The Bertz CT molecular complexity index is 351. The number of hydrogen-bond donors (Lipinski definition) is 0. The van der Waals surface area contributed by atoms with Gasteiger partial charge in [-0.3, -0.25) is 0 Å². The topological polar surface area (TPSA) is 26.3 Å². The van der Waals surface area contributed by atoms with Crippen molar-refractivity contribution in [3.63, 3.8) is 0 Å². The molecule has 1 unspecified atom stereocenters. The van der Waals surface area contributed by atoms with Crippen molar-refractivity contribution in [1.82, 2.24) is 0 Å². The molecular weight excluding hydrogens is 243 g/mol. The first-order valence-electron chi connectivity index (χ1n) is 5.16. The lowest BCUT2D eigenvalue weighted by Crippen LogP contribution is -2.22. The Labute approximate surface area is 102 Å². The highest BCUT2D eigenvalue weighted by Gasteiger charge is 2.31. The standard InChI is InChI=1S/C12H17ClO2P/c1-10(15-12(13)14)9-16(2,3)11-7-5-4-6-8-11/h4-8,10H,9H2,1-3H3/q+1. The van der Waals surface area contributed by atoms with Crippen LogP contribution in [0.1, 0.15) is 6.92 Å². The average Bonchev–Trinajstić information content (AvgIpc) is 2.16. The van der Waals surface area contributed by atoms with Gasteiger partial charge in [-0.05, 0) is 19.1 Å². The predicted octanol–water partition coefficient (Wildman–Crippen LogP) is 3.35. The molecule has 1 atom stereocenters. The van der Waals surface area contributed by atoms with Crippen LogP contribution in [0.25, 0.3) is 0 Å². The molecule has 1 aromatic carbocycles. The van der Waals surface area contributed by atoms with Gasteiger partial charge in [0.1, 0.15) is 12.3 Å².